The Morgan fingerprint density at radius 3 is 2.88 bits per heavy atom. The Balaban J connectivity index is 1.27. The van der Waals surface area contributed by atoms with Crippen LogP contribution in [-0.2, 0) is 20.7 Å². The van der Waals surface area contributed by atoms with E-state index in [0.717, 1.165) is 42.3 Å². The van der Waals surface area contributed by atoms with Crippen molar-refractivity contribution in [2.75, 3.05) is 30.0 Å². The number of amides is 2. The minimum absolute atomic E-state index is 0.0507. The van der Waals surface area contributed by atoms with Crippen LogP contribution in [-0.4, -0.2) is 41.5 Å². The minimum atomic E-state index is -0.106. The normalized spacial score (nSPS) is 14.1. The Labute approximate surface area is 202 Å². The summed E-state index contributed by atoms with van der Waals surface area (Å²) in [7, 11) is 0. The summed E-state index contributed by atoms with van der Waals surface area (Å²) in [6.45, 7) is 3.10. The number of fused-ring (bicyclic) bond motifs is 1. The number of aromatic amines is 1. The van der Waals surface area contributed by atoms with Gasteiger partial charge in [-0.3, -0.25) is 9.59 Å². The first-order chi connectivity index (χ1) is 16.0. The zero-order chi connectivity index (χ0) is 22.9. The first-order valence-corrected chi connectivity index (χ1v) is 12.1. The van der Waals surface area contributed by atoms with E-state index in [1.54, 1.807) is 16.2 Å². The maximum Gasteiger partial charge on any atom is 0.253 e. The molecule has 33 heavy (non-hydrogen) atoms. The van der Waals surface area contributed by atoms with E-state index in [4.69, 9.17) is 4.74 Å². The molecule has 1 fully saturated rings. The summed E-state index contributed by atoms with van der Waals surface area (Å²) in [6, 6.07) is 15.4. The molecule has 4 aromatic rings. The molecule has 1 aliphatic heterocycles. The van der Waals surface area contributed by atoms with Crippen molar-refractivity contribution < 1.29 is 14.3 Å². The van der Waals surface area contributed by atoms with Gasteiger partial charge in [0.1, 0.15) is 12.4 Å². The molecule has 0 atom stereocenters. The van der Waals surface area contributed by atoms with Gasteiger partial charge >= 0.3 is 0 Å². The number of H-pyrrole nitrogens is 1. The number of carbonyl (C=O) groups excluding carboxylic acids is 2. The molecular weight excluding hydrogens is 504 g/mol. The predicted octanol–water partition coefficient (Wildman–Crippen LogP) is 4.91. The van der Waals surface area contributed by atoms with Gasteiger partial charge in [-0.2, -0.15) is 0 Å². The van der Waals surface area contributed by atoms with E-state index in [2.05, 4.69) is 31.2 Å². The molecule has 1 aliphatic rings. The number of anilines is 2. The lowest BCUT2D eigenvalue weighted by Crippen LogP contribution is -2.42. The number of ether oxygens (including phenoxy) is 1. The van der Waals surface area contributed by atoms with Crippen LogP contribution in [0.1, 0.15) is 11.1 Å². The first kappa shape index (κ1) is 21.8. The van der Waals surface area contributed by atoms with E-state index in [0.29, 0.717) is 18.8 Å². The minimum Gasteiger partial charge on any atom is -0.370 e. The van der Waals surface area contributed by atoms with Crippen LogP contribution >= 0.6 is 27.3 Å². The highest BCUT2D eigenvalue weighted by Crippen LogP contribution is 2.31. The Hall–Kier alpha value is -3.01. The Bertz CT molecular complexity index is 1360. The molecule has 1 saturated heterocycles. The SMILES string of the molecule is Cc1cc(NC(=O)Cc2ccc3nc(-c4ccc(Br)s4)[nH]c3c2)ccc1N1CCOCC1=O. The standard InChI is InChI=1S/C24H21BrN4O3S/c1-14-10-16(3-5-19(14)29-8-9-32-13-23(29)31)26-22(30)12-15-2-4-17-18(11-15)28-24(27-17)20-6-7-21(25)33-20/h2-7,10-11H,8-9,12-13H2,1H3,(H,26,30)(H,27,28). The third kappa shape index (κ3) is 4.71. The smallest absolute Gasteiger partial charge is 0.253 e. The predicted molar refractivity (Wildman–Crippen MR) is 134 cm³/mol. The highest BCUT2D eigenvalue weighted by Gasteiger charge is 2.21. The van der Waals surface area contributed by atoms with Gasteiger partial charge in [0.15, 0.2) is 0 Å². The number of imidazole rings is 1. The number of morpholine rings is 1. The van der Waals surface area contributed by atoms with Crippen LogP contribution in [0.5, 0.6) is 0 Å². The average molecular weight is 525 g/mol. The topological polar surface area (TPSA) is 87.3 Å². The number of hydrogen-bond acceptors (Lipinski definition) is 5. The van der Waals surface area contributed by atoms with Gasteiger partial charge < -0.3 is 19.9 Å². The van der Waals surface area contributed by atoms with E-state index < -0.39 is 0 Å². The summed E-state index contributed by atoms with van der Waals surface area (Å²) in [6.07, 6.45) is 0.248. The quantitative estimate of drug-likeness (QED) is 0.388. The summed E-state index contributed by atoms with van der Waals surface area (Å²) < 4.78 is 6.25. The number of carbonyl (C=O) groups is 2. The Kier molecular flexibility index (Phi) is 6.01. The van der Waals surface area contributed by atoms with Crippen molar-refractivity contribution in [2.45, 2.75) is 13.3 Å². The van der Waals surface area contributed by atoms with Gasteiger partial charge in [-0.1, -0.05) is 6.07 Å². The van der Waals surface area contributed by atoms with Crippen molar-refractivity contribution in [3.8, 4) is 10.7 Å². The van der Waals surface area contributed by atoms with Crippen molar-refractivity contribution in [1.82, 2.24) is 9.97 Å². The number of nitrogens with one attached hydrogen (secondary N) is 2. The van der Waals surface area contributed by atoms with Crippen molar-refractivity contribution in [3.63, 3.8) is 0 Å². The van der Waals surface area contributed by atoms with Crippen LogP contribution < -0.4 is 10.2 Å². The largest absolute Gasteiger partial charge is 0.370 e. The molecule has 0 radical (unpaired) electrons. The molecule has 3 heterocycles. The number of nitrogens with zero attached hydrogens (tertiary/aromatic N) is 2. The fourth-order valence-electron chi connectivity index (χ4n) is 3.92. The molecule has 0 saturated carbocycles. The van der Waals surface area contributed by atoms with Crippen LogP contribution in [0, 0.1) is 6.92 Å². The maximum absolute atomic E-state index is 12.7. The lowest BCUT2D eigenvalue weighted by molar-refractivity contribution is -0.125. The summed E-state index contributed by atoms with van der Waals surface area (Å²) in [5.74, 6) is 0.660. The monoisotopic (exact) mass is 524 g/mol. The fourth-order valence-corrected chi connectivity index (χ4v) is 5.26. The molecule has 168 valence electrons. The second kappa shape index (κ2) is 9.09. The van der Waals surface area contributed by atoms with E-state index in [1.165, 1.54) is 0 Å². The number of aromatic nitrogens is 2. The van der Waals surface area contributed by atoms with E-state index in [1.807, 2.05) is 55.5 Å². The summed E-state index contributed by atoms with van der Waals surface area (Å²) in [4.78, 5) is 35.6. The molecule has 5 rings (SSSR count). The lowest BCUT2D eigenvalue weighted by Gasteiger charge is -2.28. The Morgan fingerprint density at radius 2 is 2.12 bits per heavy atom. The second-order valence-corrected chi connectivity index (χ2v) is 10.3. The molecule has 2 N–H and O–H groups in total. The van der Waals surface area contributed by atoms with Gasteiger partial charge in [0, 0.05) is 17.9 Å². The molecule has 0 spiro atoms. The van der Waals surface area contributed by atoms with Gasteiger partial charge in [0.25, 0.3) is 5.91 Å². The van der Waals surface area contributed by atoms with E-state index in [-0.39, 0.29) is 24.8 Å². The van der Waals surface area contributed by atoms with Crippen molar-refractivity contribution in [3.05, 3.63) is 63.4 Å². The number of thiophene rings is 1. The summed E-state index contributed by atoms with van der Waals surface area (Å²) in [5, 5.41) is 2.96. The second-order valence-electron chi connectivity index (χ2n) is 7.86. The first-order valence-electron chi connectivity index (χ1n) is 10.5. The molecule has 0 aliphatic carbocycles. The lowest BCUT2D eigenvalue weighted by atomic mass is 10.1. The van der Waals surface area contributed by atoms with Crippen LogP contribution in [0.4, 0.5) is 11.4 Å². The van der Waals surface area contributed by atoms with Crippen molar-refractivity contribution in [1.29, 1.82) is 0 Å². The van der Waals surface area contributed by atoms with Crippen LogP contribution in [0.25, 0.3) is 21.7 Å². The number of aryl methyl sites for hydroxylation is 1. The molecule has 0 bridgehead atoms. The molecule has 7 nitrogen and oxygen atoms in total. The average Bonchev–Trinajstić information content (AvgIpc) is 3.40. The molecule has 0 unspecified atom stereocenters. The summed E-state index contributed by atoms with van der Waals surface area (Å²) in [5.41, 5.74) is 5.14. The molecule has 2 aromatic carbocycles. The van der Waals surface area contributed by atoms with Gasteiger partial charge in [-0.05, 0) is 76.4 Å². The number of benzene rings is 2. The van der Waals surface area contributed by atoms with Crippen LogP contribution in [0.15, 0.2) is 52.3 Å². The zero-order valence-corrected chi connectivity index (χ0v) is 20.3. The number of hydrogen-bond donors (Lipinski definition) is 2. The number of rotatable bonds is 5. The maximum atomic E-state index is 12.7. The summed E-state index contributed by atoms with van der Waals surface area (Å²) >= 11 is 5.09. The zero-order valence-electron chi connectivity index (χ0n) is 17.9. The van der Waals surface area contributed by atoms with Crippen LogP contribution in [0.2, 0.25) is 0 Å². The molecule has 2 aromatic heterocycles. The van der Waals surface area contributed by atoms with Gasteiger partial charge in [-0.25, -0.2) is 4.98 Å². The van der Waals surface area contributed by atoms with Gasteiger partial charge in [0.05, 0.1) is 32.7 Å². The van der Waals surface area contributed by atoms with E-state index in [9.17, 15) is 9.59 Å². The van der Waals surface area contributed by atoms with Gasteiger partial charge in [-0.15, -0.1) is 11.3 Å². The Morgan fingerprint density at radius 1 is 1.24 bits per heavy atom. The van der Waals surface area contributed by atoms with Crippen molar-refractivity contribution in [2.24, 2.45) is 0 Å². The highest BCUT2D eigenvalue weighted by atomic mass is 79.9. The third-order valence-corrected chi connectivity index (χ3v) is 7.11. The van der Waals surface area contributed by atoms with Crippen LogP contribution in [0.3, 0.4) is 0 Å². The highest BCUT2D eigenvalue weighted by molar-refractivity contribution is 9.11. The number of halogens is 1. The fraction of sp³-hybridized carbons (Fsp3) is 0.208. The molecule has 9 heteroatoms. The van der Waals surface area contributed by atoms with E-state index >= 15 is 0 Å². The third-order valence-electron chi connectivity index (χ3n) is 5.47. The van der Waals surface area contributed by atoms with Gasteiger partial charge in [0.2, 0.25) is 5.91 Å². The molecule has 2 amide bonds. The molecular formula is C24H21BrN4O3S. The van der Waals surface area contributed by atoms with Crippen molar-refractivity contribution >= 4 is 61.5 Å².